The smallest absolute Gasteiger partial charge is 0.139 e. The van der Waals surface area contributed by atoms with Crippen LogP contribution in [0.5, 0.6) is 0 Å². The minimum Gasteiger partial charge on any atom is -0.356 e. The fourth-order valence-corrected chi connectivity index (χ4v) is 2.90. The molecule has 1 heterocycles. The molecule has 0 N–H and O–H groups in total. The molecule has 0 radical (unpaired) electrons. The van der Waals surface area contributed by atoms with E-state index in [1.165, 1.54) is 31.2 Å². The van der Waals surface area contributed by atoms with E-state index in [0.717, 1.165) is 23.9 Å². The van der Waals surface area contributed by atoms with Gasteiger partial charge in [0.1, 0.15) is 12.1 Å². The zero-order valence-electron chi connectivity index (χ0n) is 13.3. The van der Waals surface area contributed by atoms with Crippen LogP contribution in [0.4, 0.5) is 5.82 Å². The van der Waals surface area contributed by atoms with Crippen LogP contribution in [-0.4, -0.2) is 23.1 Å². The molecule has 2 rings (SSSR count). The van der Waals surface area contributed by atoms with Crippen molar-refractivity contribution >= 4 is 11.9 Å². The van der Waals surface area contributed by atoms with Crippen molar-refractivity contribution in [1.82, 2.24) is 9.97 Å². The predicted molar refractivity (Wildman–Crippen MR) is 85.9 cm³/mol. The second-order valence-corrected chi connectivity index (χ2v) is 5.88. The Morgan fingerprint density at radius 2 is 1.95 bits per heavy atom. The van der Waals surface area contributed by atoms with Gasteiger partial charge in [-0.25, -0.2) is 9.97 Å². The van der Waals surface area contributed by atoms with Gasteiger partial charge in [-0.2, -0.15) is 0 Å². The fraction of sp³-hybridized carbons (Fsp3) is 0.647. The van der Waals surface area contributed by atoms with Crippen molar-refractivity contribution in [2.75, 3.05) is 11.9 Å². The van der Waals surface area contributed by atoms with E-state index in [1.54, 1.807) is 6.33 Å². The van der Waals surface area contributed by atoms with Gasteiger partial charge in [-0.15, -0.1) is 0 Å². The van der Waals surface area contributed by atoms with Crippen molar-refractivity contribution in [2.24, 2.45) is 5.92 Å². The Labute approximate surface area is 123 Å². The molecule has 0 aliphatic heterocycles. The molecule has 1 unspecified atom stereocenters. The first-order chi connectivity index (χ1) is 9.67. The standard InChI is InChI=1S/C17H27N3/c1-5-14(6-2)11-10-13(3)20(4)17-15-8-7-9-16(15)18-12-19-17/h7-8,12-14H,5-6,9-11H2,1-4H3. The highest BCUT2D eigenvalue weighted by Gasteiger charge is 2.19. The van der Waals surface area contributed by atoms with Crippen molar-refractivity contribution in [2.45, 2.75) is 58.9 Å². The van der Waals surface area contributed by atoms with E-state index in [0.29, 0.717) is 6.04 Å². The van der Waals surface area contributed by atoms with Gasteiger partial charge in [0, 0.05) is 25.1 Å². The van der Waals surface area contributed by atoms with E-state index >= 15 is 0 Å². The number of hydrogen-bond donors (Lipinski definition) is 0. The summed E-state index contributed by atoms with van der Waals surface area (Å²) in [4.78, 5) is 11.2. The molecule has 20 heavy (non-hydrogen) atoms. The molecule has 1 aliphatic rings. The predicted octanol–water partition coefficient (Wildman–Crippen LogP) is 4.09. The number of fused-ring (bicyclic) bond motifs is 1. The van der Waals surface area contributed by atoms with E-state index in [9.17, 15) is 0 Å². The third-order valence-corrected chi connectivity index (χ3v) is 4.68. The lowest BCUT2D eigenvalue weighted by Gasteiger charge is -2.28. The highest BCUT2D eigenvalue weighted by molar-refractivity contribution is 5.69. The van der Waals surface area contributed by atoms with Gasteiger partial charge in [-0.1, -0.05) is 38.8 Å². The van der Waals surface area contributed by atoms with Crippen molar-refractivity contribution in [3.63, 3.8) is 0 Å². The van der Waals surface area contributed by atoms with Crippen LogP contribution in [0.2, 0.25) is 0 Å². The summed E-state index contributed by atoms with van der Waals surface area (Å²) in [6.45, 7) is 6.89. The van der Waals surface area contributed by atoms with Crippen molar-refractivity contribution < 1.29 is 0 Å². The topological polar surface area (TPSA) is 29.0 Å². The van der Waals surface area contributed by atoms with Gasteiger partial charge in [0.25, 0.3) is 0 Å². The summed E-state index contributed by atoms with van der Waals surface area (Å²) in [6, 6.07) is 0.517. The molecule has 0 saturated carbocycles. The van der Waals surface area contributed by atoms with Crippen LogP contribution in [-0.2, 0) is 6.42 Å². The SMILES string of the molecule is CCC(CC)CCC(C)N(C)c1ncnc2c1C=CC2. The van der Waals surface area contributed by atoms with E-state index in [4.69, 9.17) is 0 Å². The van der Waals surface area contributed by atoms with Crippen LogP contribution in [0, 0.1) is 5.92 Å². The maximum absolute atomic E-state index is 4.50. The lowest BCUT2D eigenvalue weighted by Crippen LogP contribution is -2.30. The summed E-state index contributed by atoms with van der Waals surface area (Å²) in [5.41, 5.74) is 2.37. The summed E-state index contributed by atoms with van der Waals surface area (Å²) in [5, 5.41) is 0. The first kappa shape index (κ1) is 15.0. The molecule has 110 valence electrons. The van der Waals surface area contributed by atoms with Gasteiger partial charge in [0.15, 0.2) is 0 Å². The average Bonchev–Trinajstić information content (AvgIpc) is 2.95. The third kappa shape index (κ3) is 3.20. The van der Waals surface area contributed by atoms with Gasteiger partial charge in [0.2, 0.25) is 0 Å². The Balaban J connectivity index is 2.02. The zero-order chi connectivity index (χ0) is 14.5. The van der Waals surface area contributed by atoms with Crippen LogP contribution in [0.25, 0.3) is 6.08 Å². The molecule has 1 aromatic rings. The molecule has 0 aromatic carbocycles. The highest BCUT2D eigenvalue weighted by Crippen LogP contribution is 2.28. The lowest BCUT2D eigenvalue weighted by molar-refractivity contribution is 0.418. The highest BCUT2D eigenvalue weighted by atomic mass is 15.2. The summed E-state index contributed by atoms with van der Waals surface area (Å²) in [6.07, 6.45) is 12.1. The number of rotatable bonds is 7. The summed E-state index contributed by atoms with van der Waals surface area (Å²) >= 11 is 0. The first-order valence-electron chi connectivity index (χ1n) is 7.90. The van der Waals surface area contributed by atoms with Crippen LogP contribution in [0.1, 0.15) is 57.7 Å². The van der Waals surface area contributed by atoms with E-state index < -0.39 is 0 Å². The minimum absolute atomic E-state index is 0.517. The summed E-state index contributed by atoms with van der Waals surface area (Å²) in [5.74, 6) is 1.95. The summed E-state index contributed by atoms with van der Waals surface area (Å²) in [7, 11) is 2.16. The van der Waals surface area contributed by atoms with Crippen molar-refractivity contribution in [3.8, 4) is 0 Å². The van der Waals surface area contributed by atoms with Crippen molar-refractivity contribution in [3.05, 3.63) is 23.7 Å². The third-order valence-electron chi connectivity index (χ3n) is 4.68. The van der Waals surface area contributed by atoms with Gasteiger partial charge < -0.3 is 4.90 Å². The molecular weight excluding hydrogens is 246 g/mol. The second kappa shape index (κ2) is 6.87. The minimum atomic E-state index is 0.517. The van der Waals surface area contributed by atoms with E-state index in [-0.39, 0.29) is 0 Å². The molecule has 3 heteroatoms. The second-order valence-electron chi connectivity index (χ2n) is 5.88. The van der Waals surface area contributed by atoms with Gasteiger partial charge >= 0.3 is 0 Å². The molecule has 1 atom stereocenters. The van der Waals surface area contributed by atoms with Gasteiger partial charge in [-0.3, -0.25) is 0 Å². The molecule has 1 aromatic heterocycles. The van der Waals surface area contributed by atoms with Gasteiger partial charge in [-0.05, 0) is 25.7 Å². The molecule has 1 aliphatic carbocycles. The largest absolute Gasteiger partial charge is 0.356 e. The van der Waals surface area contributed by atoms with Crippen LogP contribution in [0.15, 0.2) is 12.4 Å². The summed E-state index contributed by atoms with van der Waals surface area (Å²) < 4.78 is 0. The number of aromatic nitrogens is 2. The molecule has 0 fully saturated rings. The van der Waals surface area contributed by atoms with Crippen LogP contribution < -0.4 is 4.90 Å². The number of anilines is 1. The zero-order valence-corrected chi connectivity index (χ0v) is 13.3. The Hall–Kier alpha value is -1.38. The first-order valence-corrected chi connectivity index (χ1v) is 7.90. The maximum Gasteiger partial charge on any atom is 0.139 e. The molecule has 0 saturated heterocycles. The molecular formula is C17H27N3. The monoisotopic (exact) mass is 273 g/mol. The van der Waals surface area contributed by atoms with E-state index in [1.807, 2.05) is 0 Å². The normalized spacial score (nSPS) is 14.7. The van der Waals surface area contributed by atoms with Crippen molar-refractivity contribution in [1.29, 1.82) is 0 Å². The number of nitrogens with zero attached hydrogens (tertiary/aromatic N) is 3. The van der Waals surface area contributed by atoms with Crippen LogP contribution in [0.3, 0.4) is 0 Å². The molecule has 3 nitrogen and oxygen atoms in total. The Morgan fingerprint density at radius 1 is 1.20 bits per heavy atom. The number of hydrogen-bond acceptors (Lipinski definition) is 3. The molecule has 0 spiro atoms. The van der Waals surface area contributed by atoms with Crippen LogP contribution >= 0.6 is 0 Å². The maximum atomic E-state index is 4.50. The Morgan fingerprint density at radius 3 is 2.65 bits per heavy atom. The van der Waals surface area contributed by atoms with Gasteiger partial charge in [0.05, 0.1) is 5.69 Å². The fourth-order valence-electron chi connectivity index (χ4n) is 2.90. The molecule has 0 amide bonds. The molecule has 0 bridgehead atoms. The quantitative estimate of drug-likeness (QED) is 0.749. The number of allylic oxidation sites excluding steroid dienone is 1. The Bertz CT molecular complexity index is 463. The Kier molecular flexibility index (Phi) is 5.16. The lowest BCUT2D eigenvalue weighted by atomic mass is 9.95. The van der Waals surface area contributed by atoms with E-state index in [2.05, 4.69) is 54.8 Å². The average molecular weight is 273 g/mol.